The van der Waals surface area contributed by atoms with Crippen molar-refractivity contribution in [3.63, 3.8) is 0 Å². The van der Waals surface area contributed by atoms with E-state index in [1.54, 1.807) is 0 Å². The van der Waals surface area contributed by atoms with Gasteiger partial charge in [-0.2, -0.15) is 0 Å². The predicted octanol–water partition coefficient (Wildman–Crippen LogP) is 4.70. The number of pyridine rings is 1. The molecule has 3 nitrogen and oxygen atoms in total. The van der Waals surface area contributed by atoms with Crippen molar-refractivity contribution in [3.05, 3.63) is 24.2 Å². The first kappa shape index (κ1) is 13.9. The van der Waals surface area contributed by atoms with Crippen molar-refractivity contribution < 1.29 is 0 Å². The summed E-state index contributed by atoms with van der Waals surface area (Å²) in [6.45, 7) is 2.96. The van der Waals surface area contributed by atoms with Gasteiger partial charge in [-0.15, -0.1) is 11.6 Å². The van der Waals surface area contributed by atoms with Gasteiger partial charge in [-0.05, 0) is 37.8 Å². The van der Waals surface area contributed by atoms with Gasteiger partial charge in [0.1, 0.15) is 11.3 Å². The number of alkyl halides is 1. The van der Waals surface area contributed by atoms with Crippen molar-refractivity contribution in [3.8, 4) is 0 Å². The van der Waals surface area contributed by atoms with Gasteiger partial charge in [-0.3, -0.25) is 0 Å². The third kappa shape index (κ3) is 2.83. The minimum atomic E-state index is -0.0734. The van der Waals surface area contributed by atoms with Gasteiger partial charge in [-0.25, -0.2) is 9.97 Å². The topological polar surface area (TPSA) is 30.7 Å². The molecule has 1 atom stereocenters. The lowest BCUT2D eigenvalue weighted by atomic mass is 10.0. The van der Waals surface area contributed by atoms with Crippen LogP contribution in [0.25, 0.3) is 11.2 Å². The van der Waals surface area contributed by atoms with Crippen LogP contribution in [0, 0.1) is 5.92 Å². The standard InChI is InChI=1S/C16H22ClN3/c1-12(17)15-19-14-9-4-10-18-16(14)20(15)11-5-8-13-6-2-3-7-13/h4,9-10,12-13H,2-3,5-8,11H2,1H3. The number of aromatic nitrogens is 3. The highest BCUT2D eigenvalue weighted by Crippen LogP contribution is 2.29. The third-order valence-electron chi connectivity index (χ3n) is 4.36. The zero-order valence-electron chi connectivity index (χ0n) is 12.1. The summed E-state index contributed by atoms with van der Waals surface area (Å²) in [4.78, 5) is 9.11. The number of halogens is 1. The number of fused-ring (bicyclic) bond motifs is 1. The monoisotopic (exact) mass is 291 g/mol. The Kier molecular flexibility index (Phi) is 4.25. The Morgan fingerprint density at radius 3 is 2.95 bits per heavy atom. The fourth-order valence-electron chi connectivity index (χ4n) is 3.34. The number of nitrogens with zero attached hydrogens (tertiary/aromatic N) is 3. The molecule has 1 aliphatic carbocycles. The van der Waals surface area contributed by atoms with Crippen molar-refractivity contribution in [1.29, 1.82) is 0 Å². The summed E-state index contributed by atoms with van der Waals surface area (Å²) in [6.07, 6.45) is 10.0. The lowest BCUT2D eigenvalue weighted by molar-refractivity contribution is 0.457. The SMILES string of the molecule is CC(Cl)c1nc2cccnc2n1CCCC1CCCC1. The van der Waals surface area contributed by atoms with Gasteiger partial charge in [-0.1, -0.05) is 25.7 Å². The molecule has 0 aromatic carbocycles. The Labute approximate surface area is 125 Å². The predicted molar refractivity (Wildman–Crippen MR) is 83.0 cm³/mol. The molecule has 1 saturated carbocycles. The first-order valence-corrected chi connectivity index (χ1v) is 8.14. The second kappa shape index (κ2) is 6.13. The molecule has 0 radical (unpaired) electrons. The average molecular weight is 292 g/mol. The molecular formula is C16H22ClN3. The van der Waals surface area contributed by atoms with Gasteiger partial charge in [0.25, 0.3) is 0 Å². The largest absolute Gasteiger partial charge is 0.311 e. The summed E-state index contributed by atoms with van der Waals surface area (Å²) >= 11 is 6.27. The van der Waals surface area contributed by atoms with Gasteiger partial charge in [0.2, 0.25) is 0 Å². The van der Waals surface area contributed by atoms with Crippen LogP contribution in [0.3, 0.4) is 0 Å². The summed E-state index contributed by atoms with van der Waals surface area (Å²) in [6, 6.07) is 3.94. The molecule has 0 N–H and O–H groups in total. The highest BCUT2D eigenvalue weighted by atomic mass is 35.5. The Hall–Kier alpha value is -1.09. The van der Waals surface area contributed by atoms with Gasteiger partial charge in [0.15, 0.2) is 5.65 Å². The quantitative estimate of drug-likeness (QED) is 0.748. The Balaban J connectivity index is 1.76. The normalized spacial score (nSPS) is 17.9. The fraction of sp³-hybridized carbons (Fsp3) is 0.625. The molecule has 108 valence electrons. The molecule has 20 heavy (non-hydrogen) atoms. The zero-order valence-corrected chi connectivity index (χ0v) is 12.8. The maximum Gasteiger partial charge on any atom is 0.160 e. The van der Waals surface area contributed by atoms with Crippen LogP contribution in [0.1, 0.15) is 56.7 Å². The molecule has 0 saturated heterocycles. The molecule has 4 heteroatoms. The van der Waals surface area contributed by atoms with E-state index in [4.69, 9.17) is 11.6 Å². The van der Waals surface area contributed by atoms with E-state index in [0.29, 0.717) is 0 Å². The van der Waals surface area contributed by atoms with Crippen LogP contribution in [0.2, 0.25) is 0 Å². The van der Waals surface area contributed by atoms with E-state index in [1.807, 2.05) is 25.3 Å². The number of hydrogen-bond acceptors (Lipinski definition) is 2. The lowest BCUT2D eigenvalue weighted by Gasteiger charge is -2.12. The van der Waals surface area contributed by atoms with E-state index < -0.39 is 0 Å². The van der Waals surface area contributed by atoms with Crippen molar-refractivity contribution in [2.75, 3.05) is 0 Å². The highest BCUT2D eigenvalue weighted by molar-refractivity contribution is 6.20. The van der Waals surface area contributed by atoms with Crippen LogP contribution in [0.5, 0.6) is 0 Å². The van der Waals surface area contributed by atoms with Crippen LogP contribution in [0.4, 0.5) is 0 Å². The molecule has 1 aliphatic rings. The summed E-state index contributed by atoms with van der Waals surface area (Å²) in [7, 11) is 0. The third-order valence-corrected chi connectivity index (χ3v) is 4.55. The Bertz CT molecular complexity index is 570. The summed E-state index contributed by atoms with van der Waals surface area (Å²) in [5.41, 5.74) is 1.93. The molecule has 1 fully saturated rings. The van der Waals surface area contributed by atoms with Gasteiger partial charge in [0.05, 0.1) is 5.38 Å². The molecule has 2 heterocycles. The second-order valence-electron chi connectivity index (χ2n) is 5.88. The average Bonchev–Trinajstić information content (AvgIpc) is 3.07. The lowest BCUT2D eigenvalue weighted by Crippen LogP contribution is -2.07. The van der Waals surface area contributed by atoms with Crippen LogP contribution in [-0.2, 0) is 6.54 Å². The number of rotatable bonds is 5. The Morgan fingerprint density at radius 2 is 2.20 bits per heavy atom. The number of aryl methyl sites for hydroxylation is 1. The first-order chi connectivity index (χ1) is 9.75. The Morgan fingerprint density at radius 1 is 1.40 bits per heavy atom. The first-order valence-electron chi connectivity index (χ1n) is 7.71. The van der Waals surface area contributed by atoms with Crippen LogP contribution in [0.15, 0.2) is 18.3 Å². The molecule has 2 aromatic heterocycles. The maximum atomic E-state index is 6.27. The molecular weight excluding hydrogens is 270 g/mol. The highest BCUT2D eigenvalue weighted by Gasteiger charge is 2.17. The number of hydrogen-bond donors (Lipinski definition) is 0. The van der Waals surface area contributed by atoms with Crippen molar-refractivity contribution in [2.45, 2.75) is 57.4 Å². The van der Waals surface area contributed by atoms with E-state index in [1.165, 1.54) is 38.5 Å². The van der Waals surface area contributed by atoms with E-state index in [9.17, 15) is 0 Å². The molecule has 1 unspecified atom stereocenters. The summed E-state index contributed by atoms with van der Waals surface area (Å²) < 4.78 is 2.21. The van der Waals surface area contributed by atoms with Crippen molar-refractivity contribution >= 4 is 22.8 Å². The minimum absolute atomic E-state index is 0.0734. The number of imidazole rings is 1. The van der Waals surface area contributed by atoms with E-state index in [0.717, 1.165) is 29.5 Å². The van der Waals surface area contributed by atoms with Gasteiger partial charge >= 0.3 is 0 Å². The van der Waals surface area contributed by atoms with Gasteiger partial charge in [0, 0.05) is 12.7 Å². The minimum Gasteiger partial charge on any atom is -0.311 e. The van der Waals surface area contributed by atoms with Gasteiger partial charge < -0.3 is 4.57 Å². The van der Waals surface area contributed by atoms with Crippen LogP contribution < -0.4 is 0 Å². The second-order valence-corrected chi connectivity index (χ2v) is 6.53. The molecule has 0 aliphatic heterocycles. The van der Waals surface area contributed by atoms with E-state index in [-0.39, 0.29) is 5.38 Å². The summed E-state index contributed by atoms with van der Waals surface area (Å²) in [5.74, 6) is 1.89. The van der Waals surface area contributed by atoms with Crippen LogP contribution >= 0.6 is 11.6 Å². The fourth-order valence-corrected chi connectivity index (χ4v) is 3.50. The zero-order chi connectivity index (χ0) is 13.9. The molecule has 3 rings (SSSR count). The summed E-state index contributed by atoms with van der Waals surface area (Å²) in [5, 5.41) is -0.0734. The van der Waals surface area contributed by atoms with E-state index in [2.05, 4.69) is 14.5 Å². The maximum absolute atomic E-state index is 6.27. The molecule has 0 bridgehead atoms. The van der Waals surface area contributed by atoms with Crippen molar-refractivity contribution in [1.82, 2.24) is 14.5 Å². The van der Waals surface area contributed by atoms with Crippen LogP contribution in [-0.4, -0.2) is 14.5 Å². The molecule has 2 aromatic rings. The molecule has 0 amide bonds. The molecule has 0 spiro atoms. The van der Waals surface area contributed by atoms with E-state index >= 15 is 0 Å². The smallest absolute Gasteiger partial charge is 0.160 e. The van der Waals surface area contributed by atoms with Crippen molar-refractivity contribution in [2.24, 2.45) is 5.92 Å².